The highest BCUT2D eigenvalue weighted by molar-refractivity contribution is 5.88. The number of carbonyl (C=O) groups is 3. The van der Waals surface area contributed by atoms with Gasteiger partial charge in [-0.3, -0.25) is 4.79 Å². The predicted molar refractivity (Wildman–Crippen MR) is 133 cm³/mol. The fraction of sp³-hybridized carbons (Fsp3) is 0.393. The highest BCUT2D eigenvalue weighted by Crippen LogP contribution is 2.44. The first kappa shape index (κ1) is 24.5. The summed E-state index contributed by atoms with van der Waals surface area (Å²) in [5.41, 5.74) is 3.35. The molecule has 0 radical (unpaired) electrons. The van der Waals surface area contributed by atoms with E-state index in [1.54, 1.807) is 13.8 Å². The lowest BCUT2D eigenvalue weighted by Crippen LogP contribution is -2.55. The van der Waals surface area contributed by atoms with Crippen molar-refractivity contribution in [2.45, 2.75) is 57.0 Å². The summed E-state index contributed by atoms with van der Waals surface area (Å²) < 4.78 is 5.62. The molecule has 3 N–H and O–H groups in total. The smallest absolute Gasteiger partial charge is 0.407 e. The van der Waals surface area contributed by atoms with Crippen LogP contribution in [0.15, 0.2) is 60.7 Å². The van der Waals surface area contributed by atoms with E-state index >= 15 is 0 Å². The van der Waals surface area contributed by atoms with E-state index in [4.69, 9.17) is 4.74 Å². The van der Waals surface area contributed by atoms with Gasteiger partial charge in [0.1, 0.15) is 12.1 Å². The Balaban J connectivity index is 1.35. The number of fused-ring (bicyclic) bond motifs is 3. The number of carboxylic acid groups (broad SMARTS) is 1. The third-order valence-corrected chi connectivity index (χ3v) is 7.32. The van der Waals surface area contributed by atoms with Gasteiger partial charge in [0.25, 0.3) is 0 Å². The lowest BCUT2D eigenvalue weighted by Gasteiger charge is -2.32. The lowest BCUT2D eigenvalue weighted by atomic mass is 9.87. The molecule has 0 heterocycles. The highest BCUT2D eigenvalue weighted by Gasteiger charge is 2.38. The Bertz CT molecular complexity index is 1090. The van der Waals surface area contributed by atoms with Crippen LogP contribution in [0.3, 0.4) is 0 Å². The summed E-state index contributed by atoms with van der Waals surface area (Å²) in [5, 5.41) is 15.2. The van der Waals surface area contributed by atoms with Gasteiger partial charge in [0, 0.05) is 11.8 Å². The molecule has 2 aliphatic carbocycles. The summed E-state index contributed by atoms with van der Waals surface area (Å²) in [7, 11) is 0. The number of amides is 2. The zero-order valence-electron chi connectivity index (χ0n) is 20.1. The van der Waals surface area contributed by atoms with E-state index < -0.39 is 23.5 Å². The summed E-state index contributed by atoms with van der Waals surface area (Å²) in [5.74, 6) is -1.79. The van der Waals surface area contributed by atoms with E-state index in [1.807, 2.05) is 36.4 Å². The molecule has 184 valence electrons. The molecular weight excluding hydrogens is 444 g/mol. The van der Waals surface area contributed by atoms with Crippen molar-refractivity contribution in [2.24, 2.45) is 5.92 Å². The van der Waals surface area contributed by atoms with E-state index in [0.717, 1.165) is 22.3 Å². The van der Waals surface area contributed by atoms with Crippen molar-refractivity contribution in [3.8, 4) is 11.1 Å². The van der Waals surface area contributed by atoms with Crippen LogP contribution in [0.2, 0.25) is 0 Å². The van der Waals surface area contributed by atoms with Crippen molar-refractivity contribution in [1.29, 1.82) is 0 Å². The van der Waals surface area contributed by atoms with Crippen LogP contribution >= 0.6 is 0 Å². The number of allylic oxidation sites excluding steroid dienone is 1. The molecule has 7 heteroatoms. The molecule has 35 heavy (non-hydrogen) atoms. The molecular formula is C28H32N2O5. The molecule has 0 spiro atoms. The van der Waals surface area contributed by atoms with Crippen LogP contribution in [0.4, 0.5) is 4.79 Å². The number of aliphatic carboxylic acids is 1. The molecule has 0 unspecified atom stereocenters. The van der Waals surface area contributed by atoms with Gasteiger partial charge >= 0.3 is 12.1 Å². The molecule has 2 atom stereocenters. The minimum atomic E-state index is -1.27. The number of benzene rings is 2. The number of hydrogen-bond acceptors (Lipinski definition) is 4. The van der Waals surface area contributed by atoms with Crippen LogP contribution in [0, 0.1) is 5.92 Å². The Morgan fingerprint density at radius 2 is 1.60 bits per heavy atom. The van der Waals surface area contributed by atoms with Gasteiger partial charge in [0.2, 0.25) is 5.91 Å². The average molecular weight is 477 g/mol. The van der Waals surface area contributed by atoms with Gasteiger partial charge in [0.15, 0.2) is 0 Å². The largest absolute Gasteiger partial charge is 0.480 e. The average Bonchev–Trinajstić information content (AvgIpc) is 3.19. The van der Waals surface area contributed by atoms with Gasteiger partial charge in [0.05, 0.1) is 6.04 Å². The van der Waals surface area contributed by atoms with Gasteiger partial charge in [-0.2, -0.15) is 0 Å². The first-order valence-corrected chi connectivity index (χ1v) is 12.2. The van der Waals surface area contributed by atoms with Crippen molar-refractivity contribution in [1.82, 2.24) is 10.6 Å². The zero-order chi connectivity index (χ0) is 25.0. The van der Waals surface area contributed by atoms with Crippen LogP contribution in [0.25, 0.3) is 11.1 Å². The molecule has 2 aromatic rings. The minimum absolute atomic E-state index is 0.0270. The molecule has 2 aromatic carbocycles. The molecule has 0 aromatic heterocycles. The SMILES string of the molecule is CCC(CC)(NC(=O)[C@@H]1CC=C[C@@H](NC(=O)OCC2c3ccccc3-c3ccccc32)C1)C(=O)O. The van der Waals surface area contributed by atoms with Crippen molar-refractivity contribution in [2.75, 3.05) is 6.61 Å². The Morgan fingerprint density at radius 1 is 1.00 bits per heavy atom. The van der Waals surface area contributed by atoms with Crippen molar-refractivity contribution >= 4 is 18.0 Å². The number of carboxylic acids is 1. The van der Waals surface area contributed by atoms with Crippen LogP contribution in [0.1, 0.15) is 56.6 Å². The highest BCUT2D eigenvalue weighted by atomic mass is 16.5. The summed E-state index contributed by atoms with van der Waals surface area (Å²) in [6.45, 7) is 3.72. The first-order chi connectivity index (χ1) is 16.9. The molecule has 2 aliphatic rings. The summed E-state index contributed by atoms with van der Waals surface area (Å²) in [6, 6.07) is 15.9. The zero-order valence-corrected chi connectivity index (χ0v) is 20.1. The van der Waals surface area contributed by atoms with E-state index in [2.05, 4.69) is 34.9 Å². The monoisotopic (exact) mass is 476 g/mol. The van der Waals surface area contributed by atoms with Gasteiger partial charge in [-0.1, -0.05) is 74.5 Å². The van der Waals surface area contributed by atoms with E-state index in [1.165, 1.54) is 0 Å². The molecule has 0 bridgehead atoms. The van der Waals surface area contributed by atoms with Gasteiger partial charge in [-0.15, -0.1) is 0 Å². The molecule has 2 amide bonds. The van der Waals surface area contributed by atoms with Gasteiger partial charge in [-0.05, 0) is 47.9 Å². The van der Waals surface area contributed by atoms with Crippen LogP contribution in [-0.4, -0.2) is 41.3 Å². The number of ether oxygens (including phenoxy) is 1. The van der Waals surface area contributed by atoms with Crippen LogP contribution in [-0.2, 0) is 14.3 Å². The van der Waals surface area contributed by atoms with Crippen molar-refractivity contribution in [3.05, 3.63) is 71.8 Å². The summed E-state index contributed by atoms with van der Waals surface area (Å²) in [4.78, 5) is 37.2. The van der Waals surface area contributed by atoms with Gasteiger partial charge < -0.3 is 20.5 Å². The Morgan fingerprint density at radius 3 is 2.17 bits per heavy atom. The topological polar surface area (TPSA) is 105 Å². The number of alkyl carbamates (subject to hydrolysis) is 1. The third kappa shape index (κ3) is 4.94. The maximum absolute atomic E-state index is 12.8. The Labute approximate surface area is 205 Å². The maximum atomic E-state index is 12.8. The summed E-state index contributed by atoms with van der Waals surface area (Å²) in [6.07, 6.45) is 4.65. The second-order valence-electron chi connectivity index (χ2n) is 9.26. The molecule has 0 saturated heterocycles. The van der Waals surface area contributed by atoms with Gasteiger partial charge in [-0.25, -0.2) is 9.59 Å². The van der Waals surface area contributed by atoms with Crippen LogP contribution in [0.5, 0.6) is 0 Å². The number of rotatable bonds is 8. The van der Waals surface area contributed by atoms with E-state index in [0.29, 0.717) is 25.7 Å². The maximum Gasteiger partial charge on any atom is 0.407 e. The second-order valence-corrected chi connectivity index (χ2v) is 9.26. The molecule has 0 fully saturated rings. The van der Waals surface area contributed by atoms with Crippen molar-refractivity contribution < 1.29 is 24.2 Å². The van der Waals surface area contributed by atoms with Crippen molar-refractivity contribution in [3.63, 3.8) is 0 Å². The standard InChI is InChI=1S/C28H32N2O5/c1-3-28(4-2,26(32)33)30-25(31)18-10-9-11-19(16-18)29-27(34)35-17-24-22-14-7-5-12-20(22)21-13-6-8-15-23(21)24/h5-9,11-15,18-19,24H,3-4,10,16-17H2,1-2H3,(H,29,34)(H,30,31)(H,32,33)/t18-,19-/m1/s1. The molecule has 4 rings (SSSR count). The normalized spacial score (nSPS) is 18.9. The number of carbonyl (C=O) groups excluding carboxylic acids is 2. The fourth-order valence-electron chi connectivity index (χ4n) is 5.12. The molecule has 0 saturated carbocycles. The number of hydrogen-bond donors (Lipinski definition) is 3. The van der Waals surface area contributed by atoms with Crippen LogP contribution < -0.4 is 10.6 Å². The molecule has 0 aliphatic heterocycles. The quantitative estimate of drug-likeness (QED) is 0.482. The first-order valence-electron chi connectivity index (χ1n) is 12.2. The second kappa shape index (κ2) is 10.3. The lowest BCUT2D eigenvalue weighted by molar-refractivity contribution is -0.148. The predicted octanol–water partition coefficient (Wildman–Crippen LogP) is 4.62. The van der Waals surface area contributed by atoms with E-state index in [9.17, 15) is 19.5 Å². The molecule has 7 nitrogen and oxygen atoms in total. The van der Waals surface area contributed by atoms with E-state index in [-0.39, 0.29) is 24.5 Å². The minimum Gasteiger partial charge on any atom is -0.480 e. The number of nitrogens with one attached hydrogen (secondary N) is 2. The fourth-order valence-corrected chi connectivity index (χ4v) is 5.12. The summed E-state index contributed by atoms with van der Waals surface area (Å²) >= 11 is 0. The Kier molecular flexibility index (Phi) is 7.24. The third-order valence-electron chi connectivity index (χ3n) is 7.32. The Hall–Kier alpha value is -3.61.